The summed E-state index contributed by atoms with van der Waals surface area (Å²) in [5, 5.41) is 3.88. The molecule has 2 heteroatoms. The third kappa shape index (κ3) is 3.67. The van der Waals surface area contributed by atoms with Gasteiger partial charge in [0.15, 0.2) is 0 Å². The van der Waals surface area contributed by atoms with E-state index in [2.05, 4.69) is 54.4 Å². The van der Waals surface area contributed by atoms with Crippen LogP contribution in [0.1, 0.15) is 45.1 Å². The van der Waals surface area contributed by atoms with Crippen molar-refractivity contribution >= 4 is 0 Å². The molecule has 1 atom stereocenters. The SMILES string of the molecule is CCC1(CC)CN(CC2CC2)C(Cc2ccccc2)CN1. The fourth-order valence-electron chi connectivity index (χ4n) is 3.69. The van der Waals surface area contributed by atoms with Crippen LogP contribution in [-0.2, 0) is 6.42 Å². The second kappa shape index (κ2) is 6.50. The molecule has 0 radical (unpaired) electrons. The van der Waals surface area contributed by atoms with Crippen LogP contribution in [-0.4, -0.2) is 36.1 Å². The second-order valence-corrected chi connectivity index (χ2v) is 7.08. The normalized spacial score (nSPS) is 25.9. The molecule has 2 nitrogen and oxygen atoms in total. The van der Waals surface area contributed by atoms with E-state index < -0.39 is 0 Å². The van der Waals surface area contributed by atoms with Crippen LogP contribution in [0.5, 0.6) is 0 Å². The Balaban J connectivity index is 1.69. The Labute approximate surface area is 129 Å². The number of nitrogens with one attached hydrogen (secondary N) is 1. The van der Waals surface area contributed by atoms with Crippen molar-refractivity contribution in [2.75, 3.05) is 19.6 Å². The van der Waals surface area contributed by atoms with Crippen molar-refractivity contribution in [3.63, 3.8) is 0 Å². The van der Waals surface area contributed by atoms with Gasteiger partial charge in [-0.25, -0.2) is 0 Å². The maximum atomic E-state index is 3.88. The minimum atomic E-state index is 0.349. The monoisotopic (exact) mass is 286 g/mol. The molecule has 1 aliphatic heterocycles. The topological polar surface area (TPSA) is 15.3 Å². The first-order chi connectivity index (χ1) is 10.2. The summed E-state index contributed by atoms with van der Waals surface area (Å²) in [7, 11) is 0. The number of nitrogens with zero attached hydrogens (tertiary/aromatic N) is 1. The van der Waals surface area contributed by atoms with Gasteiger partial charge in [-0.2, -0.15) is 0 Å². The molecule has 1 aromatic carbocycles. The van der Waals surface area contributed by atoms with Crippen LogP contribution >= 0.6 is 0 Å². The largest absolute Gasteiger partial charge is 0.308 e. The Hall–Kier alpha value is -0.860. The van der Waals surface area contributed by atoms with Gasteiger partial charge in [0.2, 0.25) is 0 Å². The van der Waals surface area contributed by atoms with E-state index in [-0.39, 0.29) is 0 Å². The van der Waals surface area contributed by atoms with Crippen LogP contribution in [0.3, 0.4) is 0 Å². The van der Waals surface area contributed by atoms with E-state index in [1.807, 2.05) is 0 Å². The molecular weight excluding hydrogens is 256 g/mol. The first kappa shape index (κ1) is 15.1. The third-order valence-electron chi connectivity index (χ3n) is 5.59. The van der Waals surface area contributed by atoms with Gasteiger partial charge in [-0.15, -0.1) is 0 Å². The van der Waals surface area contributed by atoms with Crippen molar-refractivity contribution < 1.29 is 0 Å². The fourth-order valence-corrected chi connectivity index (χ4v) is 3.69. The van der Waals surface area contributed by atoms with Crippen molar-refractivity contribution in [1.29, 1.82) is 0 Å². The summed E-state index contributed by atoms with van der Waals surface area (Å²) in [6, 6.07) is 11.7. The van der Waals surface area contributed by atoms with Crippen molar-refractivity contribution in [3.05, 3.63) is 35.9 Å². The van der Waals surface area contributed by atoms with E-state index in [1.54, 1.807) is 0 Å². The van der Waals surface area contributed by atoms with Crippen LogP contribution in [0, 0.1) is 5.92 Å². The summed E-state index contributed by atoms with van der Waals surface area (Å²) in [6.45, 7) is 8.37. The quantitative estimate of drug-likeness (QED) is 0.861. The molecular formula is C19H30N2. The molecule has 1 aromatic rings. The van der Waals surface area contributed by atoms with E-state index in [4.69, 9.17) is 0 Å². The molecule has 1 saturated carbocycles. The maximum absolute atomic E-state index is 3.88. The molecule has 2 fully saturated rings. The smallest absolute Gasteiger partial charge is 0.0304 e. The minimum absolute atomic E-state index is 0.349. The van der Waals surface area contributed by atoms with E-state index in [9.17, 15) is 0 Å². The van der Waals surface area contributed by atoms with Gasteiger partial charge >= 0.3 is 0 Å². The molecule has 1 N–H and O–H groups in total. The van der Waals surface area contributed by atoms with E-state index in [0.29, 0.717) is 11.6 Å². The second-order valence-electron chi connectivity index (χ2n) is 7.08. The Bertz CT molecular complexity index is 434. The number of hydrogen-bond donors (Lipinski definition) is 1. The summed E-state index contributed by atoms with van der Waals surface area (Å²) < 4.78 is 0. The van der Waals surface area contributed by atoms with Crippen LogP contribution in [0.25, 0.3) is 0 Å². The molecule has 1 aliphatic carbocycles. The third-order valence-corrected chi connectivity index (χ3v) is 5.59. The molecule has 0 amide bonds. The maximum Gasteiger partial charge on any atom is 0.0304 e. The van der Waals surface area contributed by atoms with Gasteiger partial charge in [-0.1, -0.05) is 44.2 Å². The zero-order valence-electron chi connectivity index (χ0n) is 13.6. The number of rotatable bonds is 6. The Morgan fingerprint density at radius 2 is 1.86 bits per heavy atom. The molecule has 3 rings (SSSR count). The highest BCUT2D eigenvalue weighted by Crippen LogP contribution is 2.33. The summed E-state index contributed by atoms with van der Waals surface area (Å²) in [5.41, 5.74) is 1.83. The van der Waals surface area contributed by atoms with Gasteiger partial charge in [0.1, 0.15) is 0 Å². The van der Waals surface area contributed by atoms with Gasteiger partial charge in [-0.05, 0) is 43.6 Å². The average molecular weight is 286 g/mol. The summed E-state index contributed by atoms with van der Waals surface area (Å²) >= 11 is 0. The van der Waals surface area contributed by atoms with E-state index in [0.717, 1.165) is 12.5 Å². The zero-order chi connectivity index (χ0) is 14.7. The van der Waals surface area contributed by atoms with Gasteiger partial charge in [0.25, 0.3) is 0 Å². The predicted molar refractivity (Wildman–Crippen MR) is 89.5 cm³/mol. The van der Waals surface area contributed by atoms with Gasteiger partial charge in [-0.3, -0.25) is 4.90 Å². The number of hydrogen-bond acceptors (Lipinski definition) is 2. The van der Waals surface area contributed by atoms with Crippen molar-refractivity contribution in [1.82, 2.24) is 10.2 Å². The zero-order valence-corrected chi connectivity index (χ0v) is 13.6. The molecule has 1 saturated heterocycles. The predicted octanol–water partition coefficient (Wildman–Crippen LogP) is 3.47. The first-order valence-corrected chi connectivity index (χ1v) is 8.77. The van der Waals surface area contributed by atoms with Gasteiger partial charge in [0, 0.05) is 31.2 Å². The lowest BCUT2D eigenvalue weighted by atomic mass is 9.87. The Kier molecular flexibility index (Phi) is 4.66. The number of piperazine rings is 1. The lowest BCUT2D eigenvalue weighted by Crippen LogP contribution is -2.64. The summed E-state index contributed by atoms with van der Waals surface area (Å²) in [6.07, 6.45) is 6.57. The molecule has 2 aliphatic rings. The molecule has 0 spiro atoms. The standard InChI is InChI=1S/C19H30N2/c1-3-19(4-2)15-21(14-17-10-11-17)18(13-20-19)12-16-8-6-5-7-9-16/h5-9,17-18,20H,3-4,10-15H2,1-2H3. The highest BCUT2D eigenvalue weighted by Gasteiger charge is 2.38. The molecule has 0 aromatic heterocycles. The van der Waals surface area contributed by atoms with E-state index in [1.165, 1.54) is 50.8 Å². The lowest BCUT2D eigenvalue weighted by molar-refractivity contribution is 0.0686. The summed E-state index contributed by atoms with van der Waals surface area (Å²) in [5.74, 6) is 0.979. The minimum Gasteiger partial charge on any atom is -0.308 e. The summed E-state index contributed by atoms with van der Waals surface area (Å²) in [4.78, 5) is 2.80. The van der Waals surface area contributed by atoms with E-state index >= 15 is 0 Å². The lowest BCUT2D eigenvalue weighted by Gasteiger charge is -2.48. The van der Waals surface area contributed by atoms with Crippen LogP contribution in [0.15, 0.2) is 30.3 Å². The number of benzene rings is 1. The van der Waals surface area contributed by atoms with Gasteiger partial charge < -0.3 is 5.32 Å². The van der Waals surface area contributed by atoms with Crippen molar-refractivity contribution in [2.45, 2.75) is 57.5 Å². The van der Waals surface area contributed by atoms with Crippen molar-refractivity contribution in [2.24, 2.45) is 5.92 Å². The highest BCUT2D eigenvalue weighted by molar-refractivity contribution is 5.17. The van der Waals surface area contributed by atoms with Crippen LogP contribution in [0.4, 0.5) is 0 Å². The van der Waals surface area contributed by atoms with Crippen LogP contribution in [0.2, 0.25) is 0 Å². The molecule has 1 unspecified atom stereocenters. The average Bonchev–Trinajstić information content (AvgIpc) is 3.34. The fraction of sp³-hybridized carbons (Fsp3) is 0.684. The van der Waals surface area contributed by atoms with Crippen LogP contribution < -0.4 is 5.32 Å². The Morgan fingerprint density at radius 1 is 1.14 bits per heavy atom. The molecule has 0 bridgehead atoms. The first-order valence-electron chi connectivity index (χ1n) is 8.77. The van der Waals surface area contributed by atoms with Crippen molar-refractivity contribution in [3.8, 4) is 0 Å². The Morgan fingerprint density at radius 3 is 2.48 bits per heavy atom. The molecule has 116 valence electrons. The molecule has 21 heavy (non-hydrogen) atoms. The van der Waals surface area contributed by atoms with Gasteiger partial charge in [0.05, 0.1) is 0 Å². The molecule has 1 heterocycles. The highest BCUT2D eigenvalue weighted by atomic mass is 15.3.